The molecule has 0 saturated carbocycles. The zero-order chi connectivity index (χ0) is 11.4. The highest BCUT2D eigenvalue weighted by Crippen LogP contribution is 2.16. The summed E-state index contributed by atoms with van der Waals surface area (Å²) < 4.78 is 1.08. The van der Waals surface area contributed by atoms with Crippen LogP contribution in [0, 0.1) is 0 Å². The van der Waals surface area contributed by atoms with Crippen molar-refractivity contribution < 1.29 is 5.11 Å². The summed E-state index contributed by atoms with van der Waals surface area (Å²) in [6, 6.07) is 15.2. The molecule has 2 aromatic carbocycles. The van der Waals surface area contributed by atoms with Crippen molar-refractivity contribution in [1.29, 1.82) is 0 Å². The van der Waals surface area contributed by atoms with Gasteiger partial charge in [-0.15, -0.1) is 0 Å². The van der Waals surface area contributed by atoms with E-state index in [2.05, 4.69) is 33.4 Å². The third-order valence-corrected chi connectivity index (χ3v) is 2.75. The summed E-state index contributed by atoms with van der Waals surface area (Å²) in [5, 5.41) is 12.4. The topological polar surface area (TPSA) is 32.3 Å². The number of hydrogen-bond acceptors (Lipinski definition) is 2. The van der Waals surface area contributed by atoms with E-state index in [0.717, 1.165) is 16.7 Å². The van der Waals surface area contributed by atoms with Gasteiger partial charge in [-0.3, -0.25) is 0 Å². The smallest absolute Gasteiger partial charge is 0.115 e. The number of anilines is 1. The summed E-state index contributed by atoms with van der Waals surface area (Å²) in [4.78, 5) is 0. The molecule has 0 aliphatic heterocycles. The van der Waals surface area contributed by atoms with E-state index in [-0.39, 0.29) is 5.75 Å². The van der Waals surface area contributed by atoms with Gasteiger partial charge in [-0.2, -0.15) is 0 Å². The lowest BCUT2D eigenvalue weighted by Gasteiger charge is -2.06. The molecule has 2 aromatic rings. The van der Waals surface area contributed by atoms with Gasteiger partial charge in [0, 0.05) is 16.7 Å². The third-order valence-electron chi connectivity index (χ3n) is 2.25. The summed E-state index contributed by atoms with van der Waals surface area (Å²) in [5.74, 6) is 0.285. The lowest BCUT2D eigenvalue weighted by atomic mass is 10.2. The number of phenolic OH excluding ortho intramolecular Hbond substituents is 1. The standard InChI is InChI=1S/C13H12BrNO/c14-11-3-1-2-10(8-11)9-15-12-4-6-13(16)7-5-12/h1-8,15-16H,9H2. The fourth-order valence-electron chi connectivity index (χ4n) is 1.43. The van der Waals surface area contributed by atoms with Crippen molar-refractivity contribution in [2.24, 2.45) is 0 Å². The molecule has 0 radical (unpaired) electrons. The van der Waals surface area contributed by atoms with Crippen LogP contribution in [0.3, 0.4) is 0 Å². The molecule has 0 atom stereocenters. The first-order valence-electron chi connectivity index (χ1n) is 5.01. The number of aromatic hydroxyl groups is 1. The Bertz CT molecular complexity index is 468. The van der Waals surface area contributed by atoms with Crippen LogP contribution < -0.4 is 5.32 Å². The molecule has 0 aliphatic rings. The zero-order valence-corrected chi connectivity index (χ0v) is 10.2. The van der Waals surface area contributed by atoms with Gasteiger partial charge >= 0.3 is 0 Å². The first-order valence-corrected chi connectivity index (χ1v) is 5.81. The van der Waals surface area contributed by atoms with E-state index in [1.807, 2.05) is 24.3 Å². The minimum Gasteiger partial charge on any atom is -0.508 e. The Hall–Kier alpha value is -1.48. The van der Waals surface area contributed by atoms with Crippen molar-refractivity contribution in [3.8, 4) is 5.75 Å². The van der Waals surface area contributed by atoms with Crippen molar-refractivity contribution in [3.05, 3.63) is 58.6 Å². The van der Waals surface area contributed by atoms with Gasteiger partial charge in [0.2, 0.25) is 0 Å². The van der Waals surface area contributed by atoms with E-state index in [9.17, 15) is 0 Å². The molecule has 0 spiro atoms. The average molecular weight is 278 g/mol. The van der Waals surface area contributed by atoms with E-state index in [1.54, 1.807) is 12.1 Å². The van der Waals surface area contributed by atoms with E-state index < -0.39 is 0 Å². The van der Waals surface area contributed by atoms with Gasteiger partial charge in [0.25, 0.3) is 0 Å². The number of rotatable bonds is 3. The molecule has 0 unspecified atom stereocenters. The maximum Gasteiger partial charge on any atom is 0.115 e. The Morgan fingerprint density at radius 2 is 1.81 bits per heavy atom. The second-order valence-electron chi connectivity index (χ2n) is 3.53. The molecule has 0 heterocycles. The highest BCUT2D eigenvalue weighted by molar-refractivity contribution is 9.10. The van der Waals surface area contributed by atoms with Crippen LogP contribution in [0.25, 0.3) is 0 Å². The van der Waals surface area contributed by atoms with Gasteiger partial charge in [-0.05, 0) is 42.0 Å². The summed E-state index contributed by atoms with van der Waals surface area (Å²) in [6.07, 6.45) is 0. The van der Waals surface area contributed by atoms with Crippen LogP contribution in [0.15, 0.2) is 53.0 Å². The van der Waals surface area contributed by atoms with Gasteiger partial charge in [0.1, 0.15) is 5.75 Å². The number of phenols is 1. The number of hydrogen-bond donors (Lipinski definition) is 2. The molecule has 0 amide bonds. The Kier molecular flexibility index (Phi) is 3.47. The molecule has 0 aromatic heterocycles. The lowest BCUT2D eigenvalue weighted by molar-refractivity contribution is 0.475. The summed E-state index contributed by atoms with van der Waals surface area (Å²) in [6.45, 7) is 0.768. The van der Waals surface area contributed by atoms with Gasteiger partial charge in [0.15, 0.2) is 0 Å². The monoisotopic (exact) mass is 277 g/mol. The van der Waals surface area contributed by atoms with Gasteiger partial charge in [0.05, 0.1) is 0 Å². The second kappa shape index (κ2) is 5.03. The molecule has 0 fully saturated rings. The maximum atomic E-state index is 9.14. The molecule has 3 heteroatoms. The Morgan fingerprint density at radius 3 is 2.50 bits per heavy atom. The number of benzene rings is 2. The summed E-state index contributed by atoms with van der Waals surface area (Å²) >= 11 is 3.44. The number of nitrogens with one attached hydrogen (secondary N) is 1. The van der Waals surface area contributed by atoms with E-state index >= 15 is 0 Å². The zero-order valence-electron chi connectivity index (χ0n) is 8.65. The fourth-order valence-corrected chi connectivity index (χ4v) is 1.88. The van der Waals surface area contributed by atoms with Crippen LogP contribution in [0.2, 0.25) is 0 Å². The molecular formula is C13H12BrNO. The molecule has 82 valence electrons. The maximum absolute atomic E-state index is 9.14. The molecule has 16 heavy (non-hydrogen) atoms. The Morgan fingerprint density at radius 1 is 1.06 bits per heavy atom. The highest BCUT2D eigenvalue weighted by atomic mass is 79.9. The van der Waals surface area contributed by atoms with E-state index in [1.165, 1.54) is 5.56 Å². The normalized spacial score (nSPS) is 10.1. The van der Waals surface area contributed by atoms with Crippen molar-refractivity contribution in [2.45, 2.75) is 6.54 Å². The minimum atomic E-state index is 0.285. The molecule has 2 rings (SSSR count). The molecular weight excluding hydrogens is 266 g/mol. The van der Waals surface area contributed by atoms with Crippen molar-refractivity contribution in [2.75, 3.05) is 5.32 Å². The van der Waals surface area contributed by atoms with Gasteiger partial charge < -0.3 is 10.4 Å². The quantitative estimate of drug-likeness (QED) is 0.838. The lowest BCUT2D eigenvalue weighted by Crippen LogP contribution is -1.98. The van der Waals surface area contributed by atoms with Crippen LogP contribution in [-0.4, -0.2) is 5.11 Å². The van der Waals surface area contributed by atoms with Gasteiger partial charge in [-0.25, -0.2) is 0 Å². The van der Waals surface area contributed by atoms with Crippen molar-refractivity contribution in [3.63, 3.8) is 0 Å². The van der Waals surface area contributed by atoms with E-state index in [0.29, 0.717) is 0 Å². The van der Waals surface area contributed by atoms with Crippen LogP contribution in [-0.2, 0) is 6.54 Å². The van der Waals surface area contributed by atoms with Crippen LogP contribution in [0.5, 0.6) is 5.75 Å². The first kappa shape index (κ1) is 11.0. The Labute approximate surface area is 103 Å². The largest absolute Gasteiger partial charge is 0.508 e. The molecule has 0 aliphatic carbocycles. The predicted octanol–water partition coefficient (Wildman–Crippen LogP) is 3.77. The molecule has 0 bridgehead atoms. The van der Waals surface area contributed by atoms with Crippen LogP contribution >= 0.6 is 15.9 Å². The number of halogens is 1. The van der Waals surface area contributed by atoms with Crippen molar-refractivity contribution >= 4 is 21.6 Å². The van der Waals surface area contributed by atoms with E-state index in [4.69, 9.17) is 5.11 Å². The van der Waals surface area contributed by atoms with Crippen LogP contribution in [0.1, 0.15) is 5.56 Å². The van der Waals surface area contributed by atoms with Crippen LogP contribution in [0.4, 0.5) is 5.69 Å². The molecule has 2 nitrogen and oxygen atoms in total. The second-order valence-corrected chi connectivity index (χ2v) is 4.45. The third kappa shape index (κ3) is 3.00. The van der Waals surface area contributed by atoms with Gasteiger partial charge in [-0.1, -0.05) is 28.1 Å². The SMILES string of the molecule is Oc1ccc(NCc2cccc(Br)c2)cc1. The van der Waals surface area contributed by atoms with Crippen molar-refractivity contribution in [1.82, 2.24) is 0 Å². The fraction of sp³-hybridized carbons (Fsp3) is 0.0769. The molecule has 0 saturated heterocycles. The summed E-state index contributed by atoms with van der Waals surface area (Å²) in [7, 11) is 0. The first-order chi connectivity index (χ1) is 7.74. The highest BCUT2D eigenvalue weighted by Gasteiger charge is 1.95. The Balaban J connectivity index is 1.99. The minimum absolute atomic E-state index is 0.285. The average Bonchev–Trinajstić information content (AvgIpc) is 2.28. The predicted molar refractivity (Wildman–Crippen MR) is 69.6 cm³/mol. The molecule has 2 N–H and O–H groups in total. The summed E-state index contributed by atoms with van der Waals surface area (Å²) in [5.41, 5.74) is 2.21.